The first-order chi connectivity index (χ1) is 13.3. The lowest BCUT2D eigenvalue weighted by Crippen LogP contribution is -2.36. The Kier molecular flexibility index (Phi) is 5.51. The van der Waals surface area contributed by atoms with Crippen LogP contribution in [0.1, 0.15) is 24.5 Å². The number of nitrogens with zero attached hydrogens (tertiary/aromatic N) is 1. The number of methoxy groups -OCH3 is 2. The molecule has 28 heavy (non-hydrogen) atoms. The van der Waals surface area contributed by atoms with Crippen molar-refractivity contribution in [3.8, 4) is 11.5 Å². The fraction of sp³-hybridized carbons (Fsp3) is 0.350. The molecule has 0 bridgehead atoms. The van der Waals surface area contributed by atoms with Crippen LogP contribution in [0.3, 0.4) is 0 Å². The van der Waals surface area contributed by atoms with Crippen molar-refractivity contribution in [3.63, 3.8) is 0 Å². The molecule has 0 aliphatic carbocycles. The van der Waals surface area contributed by atoms with Crippen LogP contribution in [-0.4, -0.2) is 35.1 Å². The predicted octanol–water partition coefficient (Wildman–Crippen LogP) is 3.11. The second-order valence-electron chi connectivity index (χ2n) is 6.65. The fourth-order valence-corrected chi connectivity index (χ4v) is 5.29. The average molecular weight is 404 g/mol. The summed E-state index contributed by atoms with van der Waals surface area (Å²) >= 11 is 0. The van der Waals surface area contributed by atoms with Crippen molar-refractivity contribution in [1.82, 2.24) is 0 Å². The van der Waals surface area contributed by atoms with Crippen LogP contribution in [0, 0.1) is 6.92 Å². The standard InChI is InChI=1S/C20H24N2O5S/c1-13-11-17(26-3)18(27-4)12-19(13)28(24,25)22-10-6-8-15-7-5-9-16(20(15)22)21-14(2)23/h5,7,9,11-12H,6,8,10H2,1-4H3,(H,21,23). The summed E-state index contributed by atoms with van der Waals surface area (Å²) in [6.07, 6.45) is 1.45. The Hall–Kier alpha value is -2.74. The average Bonchev–Trinajstić information content (AvgIpc) is 2.66. The summed E-state index contributed by atoms with van der Waals surface area (Å²) in [5, 5.41) is 2.75. The van der Waals surface area contributed by atoms with Crippen molar-refractivity contribution in [3.05, 3.63) is 41.5 Å². The van der Waals surface area contributed by atoms with E-state index in [4.69, 9.17) is 9.47 Å². The molecular weight excluding hydrogens is 380 g/mol. The molecule has 0 aromatic heterocycles. The van der Waals surface area contributed by atoms with Crippen LogP contribution in [0.4, 0.5) is 11.4 Å². The molecule has 1 amide bonds. The van der Waals surface area contributed by atoms with Gasteiger partial charge in [0.1, 0.15) is 0 Å². The van der Waals surface area contributed by atoms with Crippen molar-refractivity contribution in [2.45, 2.75) is 31.6 Å². The van der Waals surface area contributed by atoms with Crippen molar-refractivity contribution < 1.29 is 22.7 Å². The quantitative estimate of drug-likeness (QED) is 0.828. The summed E-state index contributed by atoms with van der Waals surface area (Å²) < 4.78 is 39.1. The van der Waals surface area contributed by atoms with Gasteiger partial charge < -0.3 is 14.8 Å². The number of benzene rings is 2. The first kappa shape index (κ1) is 20.0. The van der Waals surface area contributed by atoms with Crippen LogP contribution in [-0.2, 0) is 21.2 Å². The van der Waals surface area contributed by atoms with Crippen molar-refractivity contribution in [2.24, 2.45) is 0 Å². The minimum absolute atomic E-state index is 0.149. The summed E-state index contributed by atoms with van der Waals surface area (Å²) in [7, 11) is -0.903. The van der Waals surface area contributed by atoms with Gasteiger partial charge in [-0.2, -0.15) is 0 Å². The van der Waals surface area contributed by atoms with Crippen molar-refractivity contribution in [2.75, 3.05) is 30.4 Å². The monoisotopic (exact) mass is 404 g/mol. The highest BCUT2D eigenvalue weighted by atomic mass is 32.2. The van der Waals surface area contributed by atoms with Gasteiger partial charge in [0.15, 0.2) is 11.5 Å². The summed E-state index contributed by atoms with van der Waals surface area (Å²) in [6.45, 7) is 3.46. The number of hydrogen-bond donors (Lipinski definition) is 1. The van der Waals surface area contributed by atoms with Gasteiger partial charge in [0, 0.05) is 19.5 Å². The third-order valence-electron chi connectivity index (χ3n) is 4.74. The molecular formula is C20H24N2O5S. The van der Waals surface area contributed by atoms with E-state index in [1.165, 1.54) is 31.5 Å². The van der Waals surface area contributed by atoms with Crippen LogP contribution < -0.4 is 19.1 Å². The number of sulfonamides is 1. The molecule has 0 saturated carbocycles. The highest BCUT2D eigenvalue weighted by Gasteiger charge is 2.33. The predicted molar refractivity (Wildman–Crippen MR) is 108 cm³/mol. The highest BCUT2D eigenvalue weighted by molar-refractivity contribution is 7.93. The molecule has 0 saturated heterocycles. The molecule has 1 heterocycles. The summed E-state index contributed by atoms with van der Waals surface area (Å²) in [6, 6.07) is 8.57. The number of para-hydroxylation sites is 1. The molecule has 1 aliphatic rings. The third kappa shape index (κ3) is 3.52. The first-order valence-electron chi connectivity index (χ1n) is 8.94. The Morgan fingerprint density at radius 2 is 1.82 bits per heavy atom. The van der Waals surface area contributed by atoms with E-state index in [0.717, 1.165) is 12.0 Å². The summed E-state index contributed by atoms with van der Waals surface area (Å²) in [5.41, 5.74) is 2.46. The van der Waals surface area contributed by atoms with Gasteiger partial charge in [0.25, 0.3) is 10.0 Å². The summed E-state index contributed by atoms with van der Waals surface area (Å²) in [4.78, 5) is 11.8. The van der Waals surface area contributed by atoms with Gasteiger partial charge in [-0.25, -0.2) is 8.42 Å². The van der Waals surface area contributed by atoms with Crippen LogP contribution >= 0.6 is 0 Å². The maximum Gasteiger partial charge on any atom is 0.264 e. The smallest absolute Gasteiger partial charge is 0.264 e. The van der Waals surface area contributed by atoms with Gasteiger partial charge in [-0.05, 0) is 43.0 Å². The van der Waals surface area contributed by atoms with Crippen LogP contribution in [0.25, 0.3) is 0 Å². The third-order valence-corrected chi connectivity index (χ3v) is 6.68. The van der Waals surface area contributed by atoms with Gasteiger partial charge in [-0.15, -0.1) is 0 Å². The number of rotatable bonds is 5. The lowest BCUT2D eigenvalue weighted by atomic mass is 10.0. The molecule has 0 unspecified atom stereocenters. The fourth-order valence-electron chi connectivity index (χ4n) is 3.50. The second-order valence-corrected chi connectivity index (χ2v) is 8.48. The Morgan fingerprint density at radius 3 is 2.46 bits per heavy atom. The van der Waals surface area contributed by atoms with E-state index in [-0.39, 0.29) is 10.8 Å². The van der Waals surface area contributed by atoms with E-state index in [1.807, 2.05) is 12.1 Å². The van der Waals surface area contributed by atoms with Crippen LogP contribution in [0.15, 0.2) is 35.2 Å². The first-order valence-corrected chi connectivity index (χ1v) is 10.4. The Labute approximate surface area is 165 Å². The topological polar surface area (TPSA) is 84.9 Å². The number of hydrogen-bond acceptors (Lipinski definition) is 5. The normalized spacial score (nSPS) is 13.6. The second kappa shape index (κ2) is 7.71. The van der Waals surface area contributed by atoms with Crippen LogP contribution in [0.2, 0.25) is 0 Å². The number of aryl methyl sites for hydroxylation is 2. The van der Waals surface area contributed by atoms with E-state index < -0.39 is 10.0 Å². The lowest BCUT2D eigenvalue weighted by molar-refractivity contribution is -0.114. The van der Waals surface area contributed by atoms with E-state index in [1.54, 1.807) is 19.1 Å². The maximum atomic E-state index is 13.6. The SMILES string of the molecule is COc1cc(C)c(S(=O)(=O)N2CCCc3cccc(NC(C)=O)c32)cc1OC. The number of carbonyl (C=O) groups excluding carboxylic acids is 1. The van der Waals surface area contributed by atoms with Crippen molar-refractivity contribution in [1.29, 1.82) is 0 Å². The van der Waals surface area contributed by atoms with Gasteiger partial charge >= 0.3 is 0 Å². The maximum absolute atomic E-state index is 13.6. The molecule has 3 rings (SSSR count). The van der Waals surface area contributed by atoms with E-state index >= 15 is 0 Å². The van der Waals surface area contributed by atoms with E-state index in [0.29, 0.717) is 41.4 Å². The minimum Gasteiger partial charge on any atom is -0.493 e. The van der Waals surface area contributed by atoms with Gasteiger partial charge in [0.05, 0.1) is 30.5 Å². The van der Waals surface area contributed by atoms with Gasteiger partial charge in [0.2, 0.25) is 5.91 Å². The number of amides is 1. The lowest BCUT2D eigenvalue weighted by Gasteiger charge is -2.33. The zero-order valence-electron chi connectivity index (χ0n) is 16.4. The molecule has 0 fully saturated rings. The number of carbonyl (C=O) groups is 1. The number of anilines is 2. The molecule has 8 heteroatoms. The zero-order chi connectivity index (χ0) is 20.5. The van der Waals surface area contributed by atoms with E-state index in [9.17, 15) is 13.2 Å². The molecule has 1 N–H and O–H groups in total. The molecule has 2 aromatic carbocycles. The number of nitrogens with one attached hydrogen (secondary N) is 1. The molecule has 7 nitrogen and oxygen atoms in total. The zero-order valence-corrected chi connectivity index (χ0v) is 17.2. The number of ether oxygens (including phenoxy) is 2. The molecule has 150 valence electrons. The number of fused-ring (bicyclic) bond motifs is 1. The molecule has 0 spiro atoms. The van der Waals surface area contributed by atoms with E-state index in [2.05, 4.69) is 5.32 Å². The molecule has 2 aromatic rings. The Morgan fingerprint density at radius 1 is 1.14 bits per heavy atom. The van der Waals surface area contributed by atoms with Gasteiger partial charge in [-0.3, -0.25) is 9.10 Å². The molecule has 1 aliphatic heterocycles. The Bertz CT molecular complexity index is 1020. The molecule has 0 radical (unpaired) electrons. The summed E-state index contributed by atoms with van der Waals surface area (Å²) in [5.74, 6) is 0.564. The van der Waals surface area contributed by atoms with Crippen LogP contribution in [0.5, 0.6) is 11.5 Å². The van der Waals surface area contributed by atoms with Gasteiger partial charge in [-0.1, -0.05) is 12.1 Å². The highest BCUT2D eigenvalue weighted by Crippen LogP contribution is 2.40. The molecule has 0 atom stereocenters. The Balaban J connectivity index is 2.17. The van der Waals surface area contributed by atoms with Crippen molar-refractivity contribution >= 4 is 27.3 Å². The largest absolute Gasteiger partial charge is 0.493 e. The minimum atomic E-state index is -3.88.